The number of hydrogen-bond acceptors (Lipinski definition) is 7. The Bertz CT molecular complexity index is 1500. The average molecular weight is 574 g/mol. The fourth-order valence-corrected chi connectivity index (χ4v) is 6.46. The fourth-order valence-electron chi connectivity index (χ4n) is 5.42. The number of benzene rings is 1. The van der Waals surface area contributed by atoms with Crippen LogP contribution in [-0.2, 0) is 26.0 Å². The van der Waals surface area contributed by atoms with Crippen molar-refractivity contribution in [2.75, 3.05) is 31.1 Å². The topological polar surface area (TPSA) is 105 Å². The van der Waals surface area contributed by atoms with E-state index in [0.29, 0.717) is 5.69 Å². The van der Waals surface area contributed by atoms with E-state index in [1.54, 1.807) is 13.1 Å². The Morgan fingerprint density at radius 2 is 1.80 bits per heavy atom. The summed E-state index contributed by atoms with van der Waals surface area (Å²) in [6.07, 6.45) is 1.93. The molecule has 214 valence electrons. The van der Waals surface area contributed by atoms with E-state index in [9.17, 15) is 22.0 Å². The maximum atomic E-state index is 12.9. The molecule has 1 amide bonds. The molecule has 9 nitrogen and oxygen atoms in total. The van der Waals surface area contributed by atoms with Gasteiger partial charge in [0.25, 0.3) is 10.0 Å². The van der Waals surface area contributed by atoms with Gasteiger partial charge in [0.15, 0.2) is 0 Å². The van der Waals surface area contributed by atoms with Crippen LogP contribution in [0.15, 0.2) is 48.7 Å². The third-order valence-electron chi connectivity index (χ3n) is 7.40. The zero-order valence-corrected chi connectivity index (χ0v) is 23.4. The number of fused-ring (bicyclic) bond motifs is 1. The second kappa shape index (κ2) is 11.3. The molecule has 2 aromatic heterocycles. The van der Waals surface area contributed by atoms with Crippen molar-refractivity contribution in [2.24, 2.45) is 5.92 Å². The Morgan fingerprint density at radius 3 is 2.52 bits per heavy atom. The van der Waals surface area contributed by atoms with Crippen molar-refractivity contribution in [2.45, 2.75) is 51.2 Å². The highest BCUT2D eigenvalue weighted by Gasteiger charge is 2.41. The molecule has 2 aliphatic rings. The molecular weight excluding hydrogens is 540 g/mol. The first-order valence-corrected chi connectivity index (χ1v) is 14.8. The lowest BCUT2D eigenvalue weighted by Gasteiger charge is -2.36. The van der Waals surface area contributed by atoms with Gasteiger partial charge in [0.1, 0.15) is 5.82 Å². The molecule has 2 saturated heterocycles. The van der Waals surface area contributed by atoms with Crippen LogP contribution in [0.25, 0.3) is 22.0 Å². The van der Waals surface area contributed by atoms with Gasteiger partial charge in [-0.3, -0.25) is 9.78 Å². The number of carbonyl (C=O) groups excluding carboxylic acids is 1. The lowest BCUT2D eigenvalue weighted by atomic mass is 10.0. The van der Waals surface area contributed by atoms with Crippen LogP contribution in [0.1, 0.15) is 26.5 Å². The van der Waals surface area contributed by atoms with Crippen LogP contribution < -0.4 is 10.2 Å². The lowest BCUT2D eigenvalue weighted by molar-refractivity contribution is -0.121. The molecule has 0 unspecified atom stereocenters. The smallest absolute Gasteiger partial charge is 0.350 e. The maximum Gasteiger partial charge on any atom is 0.350 e. The van der Waals surface area contributed by atoms with Gasteiger partial charge in [-0.05, 0) is 49.4 Å². The van der Waals surface area contributed by atoms with E-state index in [4.69, 9.17) is 9.72 Å². The number of nitrogens with one attached hydrogen (secondary N) is 1. The first-order chi connectivity index (χ1) is 19.0. The van der Waals surface area contributed by atoms with Crippen molar-refractivity contribution >= 4 is 32.5 Å². The quantitative estimate of drug-likeness (QED) is 0.462. The molecule has 5 rings (SSSR count). The Hall–Kier alpha value is -3.22. The van der Waals surface area contributed by atoms with Crippen LogP contribution in [0.2, 0.25) is 0 Å². The number of morpholine rings is 1. The Balaban J connectivity index is 1.29. The van der Waals surface area contributed by atoms with Gasteiger partial charge < -0.3 is 15.0 Å². The van der Waals surface area contributed by atoms with Crippen LogP contribution in [0.3, 0.4) is 0 Å². The average Bonchev–Trinajstić information content (AvgIpc) is 3.28. The first-order valence-electron chi connectivity index (χ1n) is 13.3. The predicted octanol–water partition coefficient (Wildman–Crippen LogP) is 3.44. The number of ether oxygens (including phenoxy) is 1. The Labute approximate surface area is 232 Å². The van der Waals surface area contributed by atoms with Crippen LogP contribution in [-0.4, -0.2) is 78.8 Å². The summed E-state index contributed by atoms with van der Waals surface area (Å²) in [5.74, 6) is -3.23. The lowest BCUT2D eigenvalue weighted by Crippen LogP contribution is -2.45. The number of pyridine rings is 2. The molecule has 0 aliphatic carbocycles. The molecule has 40 heavy (non-hydrogen) atoms. The van der Waals surface area contributed by atoms with Crippen molar-refractivity contribution < 1.29 is 26.7 Å². The molecule has 1 aromatic carbocycles. The number of alkyl halides is 2. The molecule has 3 aromatic rings. The van der Waals surface area contributed by atoms with E-state index in [-0.39, 0.29) is 43.5 Å². The number of aromatic nitrogens is 2. The van der Waals surface area contributed by atoms with Crippen molar-refractivity contribution in [1.82, 2.24) is 19.6 Å². The van der Waals surface area contributed by atoms with Crippen molar-refractivity contribution in [3.63, 3.8) is 0 Å². The highest BCUT2D eigenvalue weighted by molar-refractivity contribution is 7.89. The summed E-state index contributed by atoms with van der Waals surface area (Å²) in [6, 6.07) is 13.2. The summed E-state index contributed by atoms with van der Waals surface area (Å²) < 4.78 is 56.1. The van der Waals surface area contributed by atoms with Crippen molar-refractivity contribution in [1.29, 1.82) is 0 Å². The third-order valence-corrected chi connectivity index (χ3v) is 8.87. The third kappa shape index (κ3) is 6.08. The molecule has 2 aliphatic heterocycles. The van der Waals surface area contributed by atoms with Crippen molar-refractivity contribution in [3.8, 4) is 11.3 Å². The number of hydrogen-bond donors (Lipinski definition) is 1. The van der Waals surface area contributed by atoms with E-state index in [1.165, 1.54) is 0 Å². The minimum atomic E-state index is -4.68. The van der Waals surface area contributed by atoms with Gasteiger partial charge in [0.2, 0.25) is 5.91 Å². The molecule has 4 atom stereocenters. The number of halogens is 2. The van der Waals surface area contributed by atoms with Gasteiger partial charge in [0, 0.05) is 49.4 Å². The molecule has 0 saturated carbocycles. The number of amides is 1. The molecular formula is C28H33F2N5O4S. The second-order valence-corrected chi connectivity index (χ2v) is 12.6. The zero-order valence-electron chi connectivity index (χ0n) is 22.6. The minimum absolute atomic E-state index is 0.0217. The number of nitrogens with zero attached hydrogens (tertiary/aromatic N) is 4. The molecule has 2 fully saturated rings. The molecule has 1 N–H and O–H groups in total. The maximum absolute atomic E-state index is 12.9. The van der Waals surface area contributed by atoms with Crippen LogP contribution >= 0.6 is 0 Å². The summed E-state index contributed by atoms with van der Waals surface area (Å²) in [4.78, 5) is 24.3. The molecule has 0 bridgehead atoms. The SMILES string of the molecule is C[C@@H]1CN(c2cccc(-c3ccc4cnc(CC(=O)N[C@@H]5CN(S(=O)(=O)C(F)F)C[C@@H]5C)cc4c3)n2)C[C@H](C)O1. The number of anilines is 1. The molecule has 12 heteroatoms. The largest absolute Gasteiger partial charge is 0.372 e. The Morgan fingerprint density at radius 1 is 1.05 bits per heavy atom. The zero-order chi connectivity index (χ0) is 28.6. The van der Waals surface area contributed by atoms with Gasteiger partial charge in [-0.2, -0.15) is 13.1 Å². The molecule has 0 radical (unpaired) electrons. The highest BCUT2D eigenvalue weighted by Crippen LogP contribution is 2.27. The van der Waals surface area contributed by atoms with Crippen molar-refractivity contribution in [3.05, 3.63) is 54.4 Å². The van der Waals surface area contributed by atoms with Gasteiger partial charge in [-0.15, -0.1) is 0 Å². The van der Waals surface area contributed by atoms with Gasteiger partial charge >= 0.3 is 5.76 Å². The van der Waals surface area contributed by atoms with E-state index in [1.807, 2.05) is 42.5 Å². The van der Waals surface area contributed by atoms with E-state index in [2.05, 4.69) is 29.0 Å². The van der Waals surface area contributed by atoms with Crippen LogP contribution in [0.5, 0.6) is 0 Å². The first kappa shape index (κ1) is 28.3. The van der Waals surface area contributed by atoms with E-state index in [0.717, 1.165) is 45.2 Å². The highest BCUT2D eigenvalue weighted by atomic mass is 32.2. The van der Waals surface area contributed by atoms with Gasteiger partial charge in [-0.25, -0.2) is 13.4 Å². The Kier molecular flexibility index (Phi) is 8.03. The number of sulfonamides is 1. The van der Waals surface area contributed by atoms with Gasteiger partial charge in [-0.1, -0.05) is 25.1 Å². The summed E-state index contributed by atoms with van der Waals surface area (Å²) in [5, 5.41) is 4.61. The predicted molar refractivity (Wildman–Crippen MR) is 148 cm³/mol. The second-order valence-electron chi connectivity index (χ2n) is 10.7. The minimum Gasteiger partial charge on any atom is -0.372 e. The van der Waals surface area contributed by atoms with Crippen LogP contribution in [0.4, 0.5) is 14.6 Å². The number of carbonyl (C=O) groups is 1. The normalized spacial score (nSPS) is 24.1. The van der Waals surface area contributed by atoms with Crippen LogP contribution in [0, 0.1) is 5.92 Å². The summed E-state index contributed by atoms with van der Waals surface area (Å²) in [7, 11) is -4.68. The summed E-state index contributed by atoms with van der Waals surface area (Å²) in [6.45, 7) is 7.15. The summed E-state index contributed by atoms with van der Waals surface area (Å²) in [5.41, 5.74) is 2.31. The standard InChI is InChI=1S/C28H33F2N5O4S/c1-17-13-35(40(37,38)28(29)30)16-25(17)33-27(36)11-23-10-22-9-20(7-8-21(22)12-31-23)24-5-4-6-26(32-24)34-14-18(2)39-19(3)15-34/h4-10,12,17-19,25,28H,11,13-16H2,1-3H3,(H,33,36)/t17-,18-,19+,25+/m0/s1. The van der Waals surface area contributed by atoms with E-state index < -0.39 is 21.8 Å². The van der Waals surface area contributed by atoms with E-state index >= 15 is 0 Å². The molecule has 0 spiro atoms. The molecule has 4 heterocycles. The summed E-state index contributed by atoms with van der Waals surface area (Å²) >= 11 is 0. The fraction of sp³-hybridized carbons (Fsp3) is 0.464. The monoisotopic (exact) mass is 573 g/mol. The van der Waals surface area contributed by atoms with Gasteiger partial charge in [0.05, 0.1) is 30.0 Å². The number of rotatable bonds is 7.